The number of hydrogen-bond acceptors (Lipinski definition) is 4. The Hall–Kier alpha value is -2.80. The third-order valence-corrected chi connectivity index (χ3v) is 5.12. The maximum atomic E-state index is 13.5. The Kier molecular flexibility index (Phi) is 5.23. The molecule has 1 aromatic heterocycles. The first-order chi connectivity index (χ1) is 12.8. The predicted octanol–water partition coefficient (Wildman–Crippen LogP) is 2.05. The van der Waals surface area contributed by atoms with Crippen molar-refractivity contribution in [1.82, 2.24) is 9.88 Å². The number of aryl methyl sites for hydroxylation is 1. The molecule has 1 amide bonds. The number of hydrogen-bond donors (Lipinski definition) is 2. The van der Waals surface area contributed by atoms with Crippen LogP contribution in [0.15, 0.2) is 42.6 Å². The summed E-state index contributed by atoms with van der Waals surface area (Å²) in [6.07, 6.45) is 0.411. The monoisotopic (exact) mass is 372 g/mol. The number of rotatable bonds is 4. The summed E-state index contributed by atoms with van der Waals surface area (Å²) >= 11 is 0. The van der Waals surface area contributed by atoms with Gasteiger partial charge in [-0.05, 0) is 49.1 Å². The van der Waals surface area contributed by atoms with Crippen molar-refractivity contribution < 1.29 is 24.2 Å². The molecule has 0 saturated carbocycles. The normalized spacial score (nSPS) is 22.5. The first-order valence-corrected chi connectivity index (χ1v) is 8.70. The highest BCUT2D eigenvalue weighted by molar-refractivity contribution is 5.94. The molecular formula is C20H21FN2O4. The van der Waals surface area contributed by atoms with E-state index in [0.29, 0.717) is 11.1 Å². The maximum Gasteiger partial charge on any atom is 0.314 e. The first-order valence-electron chi connectivity index (χ1n) is 8.70. The van der Waals surface area contributed by atoms with Crippen molar-refractivity contribution in [3.63, 3.8) is 0 Å². The molecule has 27 heavy (non-hydrogen) atoms. The molecule has 1 aliphatic heterocycles. The molecule has 2 heterocycles. The van der Waals surface area contributed by atoms with E-state index in [1.54, 1.807) is 25.1 Å². The summed E-state index contributed by atoms with van der Waals surface area (Å²) in [7, 11) is 0. The zero-order chi connectivity index (χ0) is 19.6. The van der Waals surface area contributed by atoms with Crippen LogP contribution in [0.3, 0.4) is 0 Å². The van der Waals surface area contributed by atoms with Gasteiger partial charge in [-0.15, -0.1) is 0 Å². The third-order valence-electron chi connectivity index (χ3n) is 5.12. The van der Waals surface area contributed by atoms with Crippen LogP contribution in [0, 0.1) is 18.2 Å². The van der Waals surface area contributed by atoms with Gasteiger partial charge in [0.15, 0.2) is 0 Å². The van der Waals surface area contributed by atoms with Gasteiger partial charge in [0.25, 0.3) is 5.91 Å². The number of pyridine rings is 1. The van der Waals surface area contributed by atoms with E-state index in [9.17, 15) is 24.2 Å². The number of carboxylic acid groups (broad SMARTS) is 1. The number of benzene rings is 1. The molecule has 6 nitrogen and oxygen atoms in total. The van der Waals surface area contributed by atoms with Gasteiger partial charge in [0.05, 0.1) is 6.10 Å². The molecule has 1 aromatic carbocycles. The zero-order valence-electron chi connectivity index (χ0n) is 14.9. The van der Waals surface area contributed by atoms with Gasteiger partial charge < -0.3 is 15.1 Å². The molecule has 2 aromatic rings. The molecule has 1 aliphatic rings. The van der Waals surface area contributed by atoms with Crippen LogP contribution in [-0.4, -0.2) is 51.2 Å². The van der Waals surface area contributed by atoms with Crippen molar-refractivity contribution in [3.05, 3.63) is 65.2 Å². The fourth-order valence-electron chi connectivity index (χ4n) is 3.58. The minimum absolute atomic E-state index is 0.0771. The topological polar surface area (TPSA) is 90.7 Å². The Bertz CT molecular complexity index is 873. The summed E-state index contributed by atoms with van der Waals surface area (Å²) in [5, 5.41) is 20.4. The highest BCUT2D eigenvalue weighted by Gasteiger charge is 2.50. The first kappa shape index (κ1) is 19.0. The van der Waals surface area contributed by atoms with Crippen LogP contribution >= 0.6 is 0 Å². The van der Waals surface area contributed by atoms with Crippen LogP contribution in [0.1, 0.15) is 28.0 Å². The van der Waals surface area contributed by atoms with Gasteiger partial charge in [-0.1, -0.05) is 18.2 Å². The number of likely N-dealkylation sites (tertiary alicyclic amines) is 1. The van der Waals surface area contributed by atoms with Gasteiger partial charge in [-0.25, -0.2) is 4.39 Å². The second-order valence-electron chi connectivity index (χ2n) is 6.97. The molecule has 1 fully saturated rings. The number of amides is 1. The van der Waals surface area contributed by atoms with Crippen LogP contribution < -0.4 is 0 Å². The molecule has 142 valence electrons. The molecule has 1 saturated heterocycles. The molecule has 0 spiro atoms. The van der Waals surface area contributed by atoms with Gasteiger partial charge in [-0.3, -0.25) is 14.6 Å². The van der Waals surface area contributed by atoms with Crippen LogP contribution in [0.4, 0.5) is 4.39 Å². The van der Waals surface area contributed by atoms with Crippen molar-refractivity contribution >= 4 is 11.9 Å². The van der Waals surface area contributed by atoms with Crippen LogP contribution in [0.25, 0.3) is 0 Å². The quantitative estimate of drug-likeness (QED) is 0.857. The number of aliphatic hydroxyl groups is 1. The maximum absolute atomic E-state index is 13.5. The number of carbonyl (C=O) groups excluding carboxylic acids is 1. The summed E-state index contributed by atoms with van der Waals surface area (Å²) < 4.78 is 13.5. The number of carbonyl (C=O) groups is 2. The number of aromatic nitrogens is 1. The zero-order valence-corrected chi connectivity index (χ0v) is 14.9. The minimum atomic E-state index is -1.61. The van der Waals surface area contributed by atoms with Gasteiger partial charge in [0.1, 0.15) is 16.9 Å². The van der Waals surface area contributed by atoms with Gasteiger partial charge in [0.2, 0.25) is 0 Å². The molecule has 0 radical (unpaired) electrons. The largest absolute Gasteiger partial charge is 0.481 e. The highest BCUT2D eigenvalue weighted by Crippen LogP contribution is 2.35. The van der Waals surface area contributed by atoms with Gasteiger partial charge >= 0.3 is 5.97 Å². The summed E-state index contributed by atoms with van der Waals surface area (Å²) in [5.74, 6) is -2.06. The summed E-state index contributed by atoms with van der Waals surface area (Å²) in [6.45, 7) is 1.82. The van der Waals surface area contributed by atoms with E-state index in [1.165, 1.54) is 29.3 Å². The van der Waals surface area contributed by atoms with E-state index >= 15 is 0 Å². The Morgan fingerprint density at radius 1 is 1.33 bits per heavy atom. The lowest BCUT2D eigenvalue weighted by Crippen LogP contribution is -2.58. The van der Waals surface area contributed by atoms with E-state index in [1.807, 2.05) is 0 Å². The average Bonchev–Trinajstić information content (AvgIpc) is 2.63. The lowest BCUT2D eigenvalue weighted by Gasteiger charge is -2.43. The minimum Gasteiger partial charge on any atom is -0.481 e. The fraction of sp³-hybridized carbons (Fsp3) is 0.350. The number of nitrogens with zero attached hydrogens (tertiary/aromatic N) is 2. The third kappa shape index (κ3) is 3.68. The number of aliphatic carboxylic acids is 1. The van der Waals surface area contributed by atoms with Crippen molar-refractivity contribution in [2.24, 2.45) is 5.41 Å². The Labute approximate surface area is 156 Å². The summed E-state index contributed by atoms with van der Waals surface area (Å²) in [4.78, 5) is 30.5. The SMILES string of the molecule is Cc1cccnc1C(=O)N1CC[C@@H](O)[C@](Cc2cccc(F)c2)(C(=O)O)C1. The van der Waals surface area contributed by atoms with Crippen LogP contribution in [-0.2, 0) is 11.2 Å². The van der Waals surface area contributed by atoms with Crippen LogP contribution in [0.5, 0.6) is 0 Å². The predicted molar refractivity (Wildman–Crippen MR) is 95.7 cm³/mol. The number of piperidine rings is 1. The van der Waals surface area contributed by atoms with E-state index in [0.717, 1.165) is 0 Å². The van der Waals surface area contributed by atoms with Crippen molar-refractivity contribution in [2.75, 3.05) is 13.1 Å². The molecule has 0 unspecified atom stereocenters. The fourth-order valence-corrected chi connectivity index (χ4v) is 3.58. The smallest absolute Gasteiger partial charge is 0.314 e. The van der Waals surface area contributed by atoms with E-state index in [4.69, 9.17) is 0 Å². The van der Waals surface area contributed by atoms with Gasteiger partial charge in [0, 0.05) is 19.3 Å². The summed E-state index contributed by atoms with van der Waals surface area (Å²) in [5.41, 5.74) is -0.192. The van der Waals surface area contributed by atoms with E-state index in [-0.39, 0.29) is 37.5 Å². The highest BCUT2D eigenvalue weighted by atomic mass is 19.1. The number of halogens is 1. The number of aliphatic hydroxyl groups excluding tert-OH is 1. The van der Waals surface area contributed by atoms with Crippen molar-refractivity contribution in [1.29, 1.82) is 0 Å². The molecule has 0 bridgehead atoms. The molecule has 7 heteroatoms. The Morgan fingerprint density at radius 3 is 2.78 bits per heavy atom. The molecule has 2 N–H and O–H groups in total. The van der Waals surface area contributed by atoms with Gasteiger partial charge in [-0.2, -0.15) is 0 Å². The van der Waals surface area contributed by atoms with E-state index < -0.39 is 23.3 Å². The van der Waals surface area contributed by atoms with Crippen LogP contribution in [0.2, 0.25) is 0 Å². The Morgan fingerprint density at radius 2 is 2.11 bits per heavy atom. The Balaban J connectivity index is 1.92. The second-order valence-corrected chi connectivity index (χ2v) is 6.97. The van der Waals surface area contributed by atoms with Crippen molar-refractivity contribution in [3.8, 4) is 0 Å². The number of carboxylic acids is 1. The summed E-state index contributed by atoms with van der Waals surface area (Å²) in [6, 6.07) is 9.11. The molecule has 0 aliphatic carbocycles. The standard InChI is InChI=1S/C20H21FN2O4/c1-13-4-3-8-22-17(13)18(25)23-9-7-16(24)20(12-23,19(26)27)11-14-5-2-6-15(21)10-14/h2-6,8,10,16,24H,7,9,11-12H2,1H3,(H,26,27)/t16-,20-/m1/s1. The van der Waals surface area contributed by atoms with Crippen molar-refractivity contribution in [2.45, 2.75) is 25.9 Å². The average molecular weight is 372 g/mol. The lowest BCUT2D eigenvalue weighted by atomic mass is 9.72. The molecule has 2 atom stereocenters. The molecular weight excluding hydrogens is 351 g/mol. The molecule has 3 rings (SSSR count). The lowest BCUT2D eigenvalue weighted by molar-refractivity contribution is -0.161. The van der Waals surface area contributed by atoms with E-state index in [2.05, 4.69) is 4.98 Å². The second kappa shape index (κ2) is 7.44.